The third kappa shape index (κ3) is 4.30. The van der Waals surface area contributed by atoms with Crippen LogP contribution < -0.4 is 0 Å². The molecule has 1 aromatic rings. The standard InChI is InChI=1S/C11H16BrNO2/c1-13(6-7-14)8-11(15)9-2-4-10(12)5-3-9/h2-5,11,14-15H,6-8H2,1H3. The molecule has 0 heterocycles. The van der Waals surface area contributed by atoms with E-state index in [4.69, 9.17) is 5.11 Å². The molecule has 0 aliphatic carbocycles. The SMILES string of the molecule is CN(CCO)CC(O)c1ccc(Br)cc1. The van der Waals surface area contributed by atoms with Gasteiger partial charge in [-0.1, -0.05) is 28.1 Å². The fourth-order valence-corrected chi connectivity index (χ4v) is 1.61. The molecule has 4 heteroatoms. The topological polar surface area (TPSA) is 43.7 Å². The van der Waals surface area contributed by atoms with Crippen LogP contribution in [0.25, 0.3) is 0 Å². The summed E-state index contributed by atoms with van der Waals surface area (Å²) >= 11 is 3.35. The summed E-state index contributed by atoms with van der Waals surface area (Å²) in [6, 6.07) is 7.60. The van der Waals surface area contributed by atoms with E-state index in [9.17, 15) is 5.11 Å². The smallest absolute Gasteiger partial charge is 0.0916 e. The molecule has 0 aromatic heterocycles. The highest BCUT2D eigenvalue weighted by Gasteiger charge is 2.09. The number of hydrogen-bond acceptors (Lipinski definition) is 3. The molecule has 0 bridgehead atoms. The van der Waals surface area contributed by atoms with Crippen LogP contribution in [0.5, 0.6) is 0 Å². The van der Waals surface area contributed by atoms with E-state index in [-0.39, 0.29) is 6.61 Å². The molecule has 15 heavy (non-hydrogen) atoms. The van der Waals surface area contributed by atoms with Crippen LogP contribution in [-0.4, -0.2) is 41.9 Å². The number of halogens is 1. The largest absolute Gasteiger partial charge is 0.395 e. The first-order chi connectivity index (χ1) is 7.13. The lowest BCUT2D eigenvalue weighted by molar-refractivity contribution is 0.115. The summed E-state index contributed by atoms with van der Waals surface area (Å²) in [5, 5.41) is 18.6. The Hall–Kier alpha value is -0.420. The molecular formula is C11H16BrNO2. The van der Waals surface area contributed by atoms with E-state index in [0.29, 0.717) is 13.1 Å². The maximum Gasteiger partial charge on any atom is 0.0916 e. The molecule has 0 fully saturated rings. The van der Waals surface area contributed by atoms with Crippen molar-refractivity contribution in [3.05, 3.63) is 34.3 Å². The second-order valence-electron chi connectivity index (χ2n) is 3.55. The van der Waals surface area contributed by atoms with Gasteiger partial charge in [0.15, 0.2) is 0 Å². The first kappa shape index (κ1) is 12.6. The quantitative estimate of drug-likeness (QED) is 0.853. The number of aliphatic hydroxyl groups excluding tert-OH is 2. The zero-order chi connectivity index (χ0) is 11.3. The summed E-state index contributed by atoms with van der Waals surface area (Å²) in [5.41, 5.74) is 0.892. The van der Waals surface area contributed by atoms with Crippen LogP contribution in [-0.2, 0) is 0 Å². The monoisotopic (exact) mass is 273 g/mol. The Balaban J connectivity index is 2.53. The van der Waals surface area contributed by atoms with E-state index in [1.807, 2.05) is 36.2 Å². The van der Waals surface area contributed by atoms with Gasteiger partial charge >= 0.3 is 0 Å². The molecule has 0 saturated carbocycles. The Morgan fingerprint density at radius 2 is 1.93 bits per heavy atom. The Kier molecular flexibility index (Phi) is 5.25. The molecule has 0 aliphatic heterocycles. The molecule has 0 radical (unpaired) electrons. The van der Waals surface area contributed by atoms with E-state index in [1.54, 1.807) is 0 Å². The van der Waals surface area contributed by atoms with Gasteiger partial charge in [-0.2, -0.15) is 0 Å². The lowest BCUT2D eigenvalue weighted by atomic mass is 10.1. The van der Waals surface area contributed by atoms with E-state index in [0.717, 1.165) is 10.0 Å². The summed E-state index contributed by atoms with van der Waals surface area (Å²) < 4.78 is 1.00. The summed E-state index contributed by atoms with van der Waals surface area (Å²) in [5.74, 6) is 0. The highest BCUT2D eigenvalue weighted by atomic mass is 79.9. The number of aliphatic hydroxyl groups is 2. The molecule has 3 nitrogen and oxygen atoms in total. The molecule has 1 rings (SSSR count). The molecule has 1 atom stereocenters. The minimum atomic E-state index is -0.505. The Morgan fingerprint density at radius 1 is 1.33 bits per heavy atom. The minimum absolute atomic E-state index is 0.115. The molecule has 84 valence electrons. The van der Waals surface area contributed by atoms with Crippen molar-refractivity contribution in [3.63, 3.8) is 0 Å². The zero-order valence-corrected chi connectivity index (χ0v) is 10.3. The molecule has 0 aliphatic rings. The number of benzene rings is 1. The second-order valence-corrected chi connectivity index (χ2v) is 4.47. The van der Waals surface area contributed by atoms with Crippen molar-refractivity contribution in [1.82, 2.24) is 4.90 Å². The van der Waals surface area contributed by atoms with Crippen LogP contribution in [0.15, 0.2) is 28.7 Å². The molecule has 1 aromatic carbocycles. The molecule has 0 spiro atoms. The molecule has 2 N–H and O–H groups in total. The van der Waals surface area contributed by atoms with E-state index < -0.39 is 6.10 Å². The third-order valence-corrected chi connectivity index (χ3v) is 2.75. The van der Waals surface area contributed by atoms with Gasteiger partial charge in [0, 0.05) is 17.6 Å². The van der Waals surface area contributed by atoms with Crippen LogP contribution in [0.2, 0.25) is 0 Å². The van der Waals surface area contributed by atoms with E-state index in [2.05, 4.69) is 15.9 Å². The first-order valence-corrected chi connectivity index (χ1v) is 5.65. The maximum atomic E-state index is 9.87. The summed E-state index contributed by atoms with van der Waals surface area (Å²) in [6.45, 7) is 1.22. The summed E-state index contributed by atoms with van der Waals surface area (Å²) in [4.78, 5) is 1.90. The van der Waals surface area contributed by atoms with Crippen molar-refractivity contribution in [3.8, 4) is 0 Å². The Labute approximate surface area is 98.5 Å². The van der Waals surface area contributed by atoms with Gasteiger partial charge in [-0.05, 0) is 24.7 Å². The van der Waals surface area contributed by atoms with Crippen LogP contribution in [0.1, 0.15) is 11.7 Å². The van der Waals surface area contributed by atoms with Gasteiger partial charge in [0.2, 0.25) is 0 Å². The Morgan fingerprint density at radius 3 is 2.47 bits per heavy atom. The number of rotatable bonds is 5. The first-order valence-electron chi connectivity index (χ1n) is 4.86. The van der Waals surface area contributed by atoms with E-state index >= 15 is 0 Å². The predicted octanol–water partition coefficient (Wildman–Crippen LogP) is 1.41. The average Bonchev–Trinajstić information content (AvgIpc) is 2.18. The lowest BCUT2D eigenvalue weighted by Crippen LogP contribution is -2.27. The predicted molar refractivity (Wildman–Crippen MR) is 63.7 cm³/mol. The highest BCUT2D eigenvalue weighted by Crippen LogP contribution is 2.17. The fraction of sp³-hybridized carbons (Fsp3) is 0.455. The lowest BCUT2D eigenvalue weighted by Gasteiger charge is -2.19. The average molecular weight is 274 g/mol. The minimum Gasteiger partial charge on any atom is -0.395 e. The van der Waals surface area contributed by atoms with Crippen molar-refractivity contribution in [1.29, 1.82) is 0 Å². The van der Waals surface area contributed by atoms with Crippen molar-refractivity contribution in [2.24, 2.45) is 0 Å². The zero-order valence-electron chi connectivity index (χ0n) is 8.73. The van der Waals surface area contributed by atoms with Gasteiger partial charge in [-0.25, -0.2) is 0 Å². The maximum absolute atomic E-state index is 9.87. The number of likely N-dealkylation sites (N-methyl/N-ethyl adjacent to an activating group) is 1. The van der Waals surface area contributed by atoms with Crippen molar-refractivity contribution >= 4 is 15.9 Å². The van der Waals surface area contributed by atoms with Crippen LogP contribution in [0.3, 0.4) is 0 Å². The van der Waals surface area contributed by atoms with E-state index in [1.165, 1.54) is 0 Å². The number of hydrogen-bond donors (Lipinski definition) is 2. The second kappa shape index (κ2) is 6.23. The van der Waals surface area contributed by atoms with Gasteiger partial charge in [-0.3, -0.25) is 0 Å². The highest BCUT2D eigenvalue weighted by molar-refractivity contribution is 9.10. The van der Waals surface area contributed by atoms with Crippen LogP contribution >= 0.6 is 15.9 Å². The van der Waals surface area contributed by atoms with Gasteiger partial charge in [0.1, 0.15) is 0 Å². The van der Waals surface area contributed by atoms with Gasteiger partial charge < -0.3 is 15.1 Å². The third-order valence-electron chi connectivity index (χ3n) is 2.22. The molecule has 0 saturated heterocycles. The van der Waals surface area contributed by atoms with Crippen molar-refractivity contribution in [2.75, 3.05) is 26.7 Å². The fourth-order valence-electron chi connectivity index (χ4n) is 1.35. The van der Waals surface area contributed by atoms with Gasteiger partial charge in [0.25, 0.3) is 0 Å². The number of nitrogens with zero attached hydrogens (tertiary/aromatic N) is 1. The van der Waals surface area contributed by atoms with Gasteiger partial charge in [0.05, 0.1) is 12.7 Å². The van der Waals surface area contributed by atoms with Crippen molar-refractivity contribution < 1.29 is 10.2 Å². The normalized spacial score (nSPS) is 13.1. The van der Waals surface area contributed by atoms with Crippen LogP contribution in [0, 0.1) is 0 Å². The Bertz CT molecular complexity index is 289. The molecule has 1 unspecified atom stereocenters. The summed E-state index contributed by atoms with van der Waals surface area (Å²) in [6.07, 6.45) is -0.505. The molecule has 0 amide bonds. The summed E-state index contributed by atoms with van der Waals surface area (Å²) in [7, 11) is 1.87. The van der Waals surface area contributed by atoms with Gasteiger partial charge in [-0.15, -0.1) is 0 Å². The molecular weight excluding hydrogens is 258 g/mol. The van der Waals surface area contributed by atoms with Crippen molar-refractivity contribution in [2.45, 2.75) is 6.10 Å². The van der Waals surface area contributed by atoms with Crippen LogP contribution in [0.4, 0.5) is 0 Å².